The first-order chi connectivity index (χ1) is 9.38. The van der Waals surface area contributed by atoms with Crippen LogP contribution in [0.3, 0.4) is 0 Å². The fourth-order valence-corrected chi connectivity index (χ4v) is 3.16. The summed E-state index contributed by atoms with van der Waals surface area (Å²) in [6.45, 7) is 2.70. The molecule has 0 radical (unpaired) electrons. The first-order valence-electron chi connectivity index (χ1n) is 6.62. The molecule has 112 valence electrons. The third-order valence-corrected chi connectivity index (χ3v) is 4.87. The van der Waals surface area contributed by atoms with E-state index in [1.165, 1.54) is 10.6 Å². The van der Waals surface area contributed by atoms with Crippen LogP contribution in [-0.2, 0) is 14.8 Å². The third kappa shape index (κ3) is 3.57. The van der Waals surface area contributed by atoms with Gasteiger partial charge < -0.3 is 5.32 Å². The minimum absolute atomic E-state index is 0.0264. The van der Waals surface area contributed by atoms with Crippen molar-refractivity contribution in [1.29, 1.82) is 0 Å². The number of rotatable bonds is 4. The van der Waals surface area contributed by atoms with Crippen molar-refractivity contribution in [2.24, 2.45) is 0 Å². The van der Waals surface area contributed by atoms with E-state index in [1.807, 2.05) is 0 Å². The Balaban J connectivity index is 1.85. The van der Waals surface area contributed by atoms with E-state index in [-0.39, 0.29) is 18.0 Å². The highest BCUT2D eigenvalue weighted by molar-refractivity contribution is 7.88. The molecule has 0 aromatic carbocycles. The van der Waals surface area contributed by atoms with Crippen LogP contribution in [0.1, 0.15) is 25.8 Å². The van der Waals surface area contributed by atoms with Crippen LogP contribution in [0.4, 0.5) is 0 Å². The van der Waals surface area contributed by atoms with Crippen LogP contribution < -0.4 is 5.32 Å². The number of aromatic nitrogens is 2. The summed E-state index contributed by atoms with van der Waals surface area (Å²) in [6.07, 6.45) is 5.88. The van der Waals surface area contributed by atoms with Gasteiger partial charge in [0.05, 0.1) is 6.26 Å². The molecular formula is C12H20N4O3S. The number of hydrogen-bond donors (Lipinski definition) is 1. The summed E-state index contributed by atoms with van der Waals surface area (Å²) in [5.74, 6) is -0.0912. The minimum Gasteiger partial charge on any atom is -0.351 e. The molecule has 1 atom stereocenters. The second kappa shape index (κ2) is 5.92. The molecule has 8 heteroatoms. The predicted molar refractivity (Wildman–Crippen MR) is 74.5 cm³/mol. The summed E-state index contributed by atoms with van der Waals surface area (Å²) in [5, 5.41) is 7.00. The van der Waals surface area contributed by atoms with Gasteiger partial charge in [0.2, 0.25) is 15.9 Å². The first kappa shape index (κ1) is 15.0. The topological polar surface area (TPSA) is 84.3 Å². The van der Waals surface area contributed by atoms with Gasteiger partial charge in [0, 0.05) is 31.5 Å². The molecule has 1 fully saturated rings. The Labute approximate surface area is 119 Å². The van der Waals surface area contributed by atoms with Crippen LogP contribution in [0.2, 0.25) is 0 Å². The lowest BCUT2D eigenvalue weighted by molar-refractivity contribution is -0.125. The molecule has 1 aliphatic rings. The molecule has 0 aliphatic carbocycles. The number of piperidine rings is 1. The molecule has 2 heterocycles. The summed E-state index contributed by atoms with van der Waals surface area (Å²) in [5.41, 5.74) is 0. The molecule has 0 bridgehead atoms. The summed E-state index contributed by atoms with van der Waals surface area (Å²) in [6, 6.07) is 1.44. The zero-order chi connectivity index (χ0) is 14.8. The highest BCUT2D eigenvalue weighted by Crippen LogP contribution is 2.14. The van der Waals surface area contributed by atoms with Gasteiger partial charge >= 0.3 is 0 Å². The monoisotopic (exact) mass is 300 g/mol. The first-order valence-corrected chi connectivity index (χ1v) is 8.47. The summed E-state index contributed by atoms with van der Waals surface area (Å²) in [7, 11) is -3.12. The maximum atomic E-state index is 12.1. The van der Waals surface area contributed by atoms with Crippen LogP contribution in [0.15, 0.2) is 18.5 Å². The normalized spacial score (nSPS) is 19.7. The fourth-order valence-electron chi connectivity index (χ4n) is 2.28. The van der Waals surface area contributed by atoms with Crippen LogP contribution in [0, 0.1) is 0 Å². The van der Waals surface area contributed by atoms with E-state index < -0.39 is 10.0 Å². The van der Waals surface area contributed by atoms with E-state index in [0.717, 1.165) is 0 Å². The Morgan fingerprint density at radius 3 is 2.55 bits per heavy atom. The van der Waals surface area contributed by atoms with E-state index in [2.05, 4.69) is 10.4 Å². The smallest absolute Gasteiger partial charge is 0.244 e. The molecule has 2 rings (SSSR count). The van der Waals surface area contributed by atoms with Crippen molar-refractivity contribution >= 4 is 15.9 Å². The van der Waals surface area contributed by atoms with E-state index in [4.69, 9.17) is 0 Å². The van der Waals surface area contributed by atoms with Gasteiger partial charge in [-0.1, -0.05) is 0 Å². The second-order valence-corrected chi connectivity index (χ2v) is 7.09. The minimum atomic E-state index is -3.12. The Morgan fingerprint density at radius 2 is 2.05 bits per heavy atom. The van der Waals surface area contributed by atoms with E-state index >= 15 is 0 Å². The highest BCUT2D eigenvalue weighted by Gasteiger charge is 2.27. The van der Waals surface area contributed by atoms with Gasteiger partial charge in [0.15, 0.2) is 0 Å². The standard InChI is InChI=1S/C12H20N4O3S/c1-10(16-7-3-6-13-16)12(17)14-11-4-8-15(9-5-11)20(2,18)19/h3,6-7,10-11H,4-5,8-9H2,1-2H3,(H,14,17)/t10-/m0/s1. The molecule has 7 nitrogen and oxygen atoms in total. The van der Waals surface area contributed by atoms with Crippen molar-refractivity contribution in [3.05, 3.63) is 18.5 Å². The van der Waals surface area contributed by atoms with Crippen LogP contribution in [0.25, 0.3) is 0 Å². The van der Waals surface area contributed by atoms with Gasteiger partial charge in [-0.15, -0.1) is 0 Å². The number of nitrogens with one attached hydrogen (secondary N) is 1. The maximum absolute atomic E-state index is 12.1. The van der Waals surface area contributed by atoms with Crippen molar-refractivity contribution in [3.8, 4) is 0 Å². The number of amides is 1. The number of nitrogens with zero attached hydrogens (tertiary/aromatic N) is 3. The van der Waals surface area contributed by atoms with Crippen molar-refractivity contribution in [1.82, 2.24) is 19.4 Å². The van der Waals surface area contributed by atoms with Gasteiger partial charge in [-0.25, -0.2) is 12.7 Å². The van der Waals surface area contributed by atoms with Crippen LogP contribution in [-0.4, -0.2) is 53.8 Å². The van der Waals surface area contributed by atoms with Crippen molar-refractivity contribution in [2.75, 3.05) is 19.3 Å². The molecule has 1 aromatic heterocycles. The Kier molecular flexibility index (Phi) is 4.44. The zero-order valence-corrected chi connectivity index (χ0v) is 12.5. The van der Waals surface area contributed by atoms with Gasteiger partial charge in [-0.2, -0.15) is 5.10 Å². The SMILES string of the molecule is C[C@@H](C(=O)NC1CCN(S(C)(=O)=O)CC1)n1cccn1. The quantitative estimate of drug-likeness (QED) is 0.847. The highest BCUT2D eigenvalue weighted by atomic mass is 32.2. The van der Waals surface area contributed by atoms with Gasteiger partial charge in [-0.05, 0) is 25.8 Å². The average Bonchev–Trinajstić information content (AvgIpc) is 2.91. The molecule has 1 amide bonds. The second-order valence-electron chi connectivity index (χ2n) is 5.11. The van der Waals surface area contributed by atoms with Crippen molar-refractivity contribution in [3.63, 3.8) is 0 Å². The molecule has 1 aliphatic heterocycles. The molecule has 0 unspecified atom stereocenters. The number of carbonyl (C=O) groups excluding carboxylic acids is 1. The van der Waals surface area contributed by atoms with Crippen LogP contribution in [0.5, 0.6) is 0 Å². The molecule has 0 spiro atoms. The van der Waals surface area contributed by atoms with Gasteiger partial charge in [0.25, 0.3) is 0 Å². The average molecular weight is 300 g/mol. The maximum Gasteiger partial charge on any atom is 0.244 e. The van der Waals surface area contributed by atoms with Gasteiger partial charge in [-0.3, -0.25) is 9.48 Å². The molecule has 1 aromatic rings. The molecule has 20 heavy (non-hydrogen) atoms. The molecule has 0 saturated carbocycles. The lowest BCUT2D eigenvalue weighted by Crippen LogP contribution is -2.47. The summed E-state index contributed by atoms with van der Waals surface area (Å²) in [4.78, 5) is 12.1. The Morgan fingerprint density at radius 1 is 1.40 bits per heavy atom. The van der Waals surface area contributed by atoms with Crippen molar-refractivity contribution in [2.45, 2.75) is 31.8 Å². The molecule has 1 N–H and O–H groups in total. The fraction of sp³-hybridized carbons (Fsp3) is 0.667. The van der Waals surface area contributed by atoms with E-state index in [1.54, 1.807) is 30.1 Å². The number of sulfonamides is 1. The van der Waals surface area contributed by atoms with Gasteiger partial charge in [0.1, 0.15) is 6.04 Å². The van der Waals surface area contributed by atoms with E-state index in [9.17, 15) is 13.2 Å². The zero-order valence-electron chi connectivity index (χ0n) is 11.7. The predicted octanol–water partition coefficient (Wildman–Crippen LogP) is -0.0157. The molecule has 1 saturated heterocycles. The third-order valence-electron chi connectivity index (χ3n) is 3.57. The lowest BCUT2D eigenvalue weighted by atomic mass is 10.1. The largest absolute Gasteiger partial charge is 0.351 e. The van der Waals surface area contributed by atoms with Crippen LogP contribution >= 0.6 is 0 Å². The summed E-state index contributed by atoms with van der Waals surface area (Å²) >= 11 is 0. The van der Waals surface area contributed by atoms with E-state index in [0.29, 0.717) is 25.9 Å². The van der Waals surface area contributed by atoms with Crippen molar-refractivity contribution < 1.29 is 13.2 Å². The Hall–Kier alpha value is -1.41. The Bertz CT molecular complexity index is 547. The lowest BCUT2D eigenvalue weighted by Gasteiger charge is -2.31. The number of carbonyl (C=O) groups is 1. The molecular weight excluding hydrogens is 280 g/mol. The summed E-state index contributed by atoms with van der Waals surface area (Å²) < 4.78 is 25.9. The number of hydrogen-bond acceptors (Lipinski definition) is 4.